The molecular formula is C7H8F8. The van der Waals surface area contributed by atoms with E-state index in [-0.39, 0.29) is 0 Å². The Balaban J connectivity index is 5.11. The molecule has 15 heavy (non-hydrogen) atoms. The molecule has 0 unspecified atom stereocenters. The van der Waals surface area contributed by atoms with Crippen LogP contribution in [0.2, 0.25) is 0 Å². The van der Waals surface area contributed by atoms with Crippen LogP contribution < -0.4 is 0 Å². The fourth-order valence-corrected chi connectivity index (χ4v) is 0.852. The lowest BCUT2D eigenvalue weighted by molar-refractivity contribution is -0.339. The average molecular weight is 244 g/mol. The Labute approximate surface area is 80.3 Å². The van der Waals surface area contributed by atoms with Crippen molar-refractivity contribution in [2.24, 2.45) is 0 Å². The van der Waals surface area contributed by atoms with Gasteiger partial charge in [-0.05, 0) is 0 Å². The van der Waals surface area contributed by atoms with E-state index in [9.17, 15) is 35.1 Å². The van der Waals surface area contributed by atoms with Gasteiger partial charge in [0.1, 0.15) is 0 Å². The second-order valence-corrected chi connectivity index (χ2v) is 2.95. The van der Waals surface area contributed by atoms with E-state index in [1.165, 1.54) is 0 Å². The molecule has 0 rings (SSSR count). The zero-order valence-electron chi connectivity index (χ0n) is 7.52. The first-order valence-electron chi connectivity index (χ1n) is 3.92. The molecular weight excluding hydrogens is 236 g/mol. The number of alkyl halides is 8. The predicted molar refractivity (Wildman–Crippen MR) is 35.8 cm³/mol. The molecule has 0 N–H and O–H groups in total. The third kappa shape index (κ3) is 2.34. The minimum absolute atomic E-state index is 0.526. The van der Waals surface area contributed by atoms with Crippen molar-refractivity contribution in [3.63, 3.8) is 0 Å². The quantitative estimate of drug-likeness (QED) is 0.642. The third-order valence-corrected chi connectivity index (χ3v) is 1.72. The Hall–Kier alpha value is -0.560. The van der Waals surface area contributed by atoms with Gasteiger partial charge in [0.2, 0.25) is 0 Å². The van der Waals surface area contributed by atoms with Crippen LogP contribution in [0.3, 0.4) is 0 Å². The standard InChI is InChI=1S/C7H8F8/c1-2-3-5(10,11)7(14,15)6(12,13)4(8)9/h4H,2-3H2,1H3. The van der Waals surface area contributed by atoms with Gasteiger partial charge in [-0.15, -0.1) is 0 Å². The molecule has 0 heterocycles. The Bertz CT molecular complexity index is 209. The van der Waals surface area contributed by atoms with Crippen molar-refractivity contribution in [1.82, 2.24) is 0 Å². The highest BCUT2D eigenvalue weighted by atomic mass is 19.4. The van der Waals surface area contributed by atoms with Crippen molar-refractivity contribution < 1.29 is 35.1 Å². The summed E-state index contributed by atoms with van der Waals surface area (Å²) in [7, 11) is 0. The van der Waals surface area contributed by atoms with Crippen molar-refractivity contribution in [1.29, 1.82) is 0 Å². The van der Waals surface area contributed by atoms with Gasteiger partial charge in [0, 0.05) is 6.42 Å². The smallest absolute Gasteiger partial charge is 0.203 e. The Morgan fingerprint density at radius 3 is 1.60 bits per heavy atom. The number of halogens is 8. The zero-order chi connectivity index (χ0) is 12.5. The molecule has 0 nitrogen and oxygen atoms in total. The Kier molecular flexibility index (Phi) is 3.98. The summed E-state index contributed by atoms with van der Waals surface area (Å²) in [4.78, 5) is 0. The highest BCUT2D eigenvalue weighted by Gasteiger charge is 2.74. The number of hydrogen-bond acceptors (Lipinski definition) is 0. The largest absolute Gasteiger partial charge is 0.377 e. The Morgan fingerprint density at radius 2 is 1.33 bits per heavy atom. The summed E-state index contributed by atoms with van der Waals surface area (Å²) in [6, 6.07) is 0. The van der Waals surface area contributed by atoms with Crippen LogP contribution in [0.1, 0.15) is 19.8 Å². The summed E-state index contributed by atoms with van der Waals surface area (Å²) in [5.41, 5.74) is 0. The summed E-state index contributed by atoms with van der Waals surface area (Å²) in [5.74, 6) is -17.2. The molecule has 0 aromatic carbocycles. The highest BCUT2D eigenvalue weighted by molar-refractivity contribution is 4.97. The molecule has 0 aromatic rings. The van der Waals surface area contributed by atoms with Crippen LogP contribution in [0.5, 0.6) is 0 Å². The second-order valence-electron chi connectivity index (χ2n) is 2.95. The van der Waals surface area contributed by atoms with Crippen LogP contribution in [0.4, 0.5) is 35.1 Å². The lowest BCUT2D eigenvalue weighted by Crippen LogP contribution is -2.57. The first-order chi connectivity index (χ1) is 6.50. The summed E-state index contributed by atoms with van der Waals surface area (Å²) in [6.45, 7) is 1.05. The monoisotopic (exact) mass is 244 g/mol. The van der Waals surface area contributed by atoms with Gasteiger partial charge < -0.3 is 0 Å². The Morgan fingerprint density at radius 1 is 0.933 bits per heavy atom. The number of rotatable bonds is 5. The molecule has 0 bridgehead atoms. The van der Waals surface area contributed by atoms with Gasteiger partial charge in [0.15, 0.2) is 0 Å². The molecule has 0 atom stereocenters. The van der Waals surface area contributed by atoms with E-state index in [1.807, 2.05) is 0 Å². The van der Waals surface area contributed by atoms with Gasteiger partial charge >= 0.3 is 24.2 Å². The fraction of sp³-hybridized carbons (Fsp3) is 1.00. The molecule has 0 aliphatic heterocycles. The molecule has 0 saturated carbocycles. The first-order valence-corrected chi connectivity index (χ1v) is 3.92. The average Bonchev–Trinajstić information content (AvgIpc) is 2.02. The van der Waals surface area contributed by atoms with Crippen molar-refractivity contribution in [2.45, 2.75) is 44.0 Å². The van der Waals surface area contributed by atoms with Crippen LogP contribution in [0, 0.1) is 0 Å². The maximum absolute atomic E-state index is 12.5. The zero-order valence-corrected chi connectivity index (χ0v) is 7.52. The fourth-order valence-electron chi connectivity index (χ4n) is 0.852. The van der Waals surface area contributed by atoms with Crippen molar-refractivity contribution >= 4 is 0 Å². The molecule has 0 aliphatic rings. The molecule has 0 aromatic heterocycles. The molecule has 0 fully saturated rings. The van der Waals surface area contributed by atoms with Gasteiger partial charge in [0.25, 0.3) is 0 Å². The van der Waals surface area contributed by atoms with Crippen molar-refractivity contribution in [3.8, 4) is 0 Å². The molecule has 92 valence electrons. The second kappa shape index (κ2) is 4.13. The van der Waals surface area contributed by atoms with Crippen molar-refractivity contribution in [3.05, 3.63) is 0 Å². The lowest BCUT2D eigenvalue weighted by atomic mass is 10.0. The van der Waals surface area contributed by atoms with Crippen LogP contribution in [0.15, 0.2) is 0 Å². The summed E-state index contributed by atoms with van der Waals surface area (Å²) in [5, 5.41) is 0. The summed E-state index contributed by atoms with van der Waals surface area (Å²) >= 11 is 0. The molecule has 0 amide bonds. The topological polar surface area (TPSA) is 0 Å². The van der Waals surface area contributed by atoms with Gasteiger partial charge in [0.05, 0.1) is 0 Å². The SMILES string of the molecule is CCCC(F)(F)C(F)(F)C(F)(F)C(F)F. The van der Waals surface area contributed by atoms with Gasteiger partial charge in [-0.2, -0.15) is 26.3 Å². The highest BCUT2D eigenvalue weighted by Crippen LogP contribution is 2.50. The third-order valence-electron chi connectivity index (χ3n) is 1.72. The maximum atomic E-state index is 12.5. The van der Waals surface area contributed by atoms with E-state index >= 15 is 0 Å². The summed E-state index contributed by atoms with van der Waals surface area (Å²) < 4.78 is 97.2. The van der Waals surface area contributed by atoms with Crippen LogP contribution in [-0.4, -0.2) is 24.2 Å². The van der Waals surface area contributed by atoms with Crippen LogP contribution in [-0.2, 0) is 0 Å². The molecule has 0 aliphatic carbocycles. The van der Waals surface area contributed by atoms with Gasteiger partial charge in [-0.3, -0.25) is 0 Å². The van der Waals surface area contributed by atoms with E-state index in [1.54, 1.807) is 0 Å². The summed E-state index contributed by atoms with van der Waals surface area (Å²) in [6.07, 6.45) is -6.94. The van der Waals surface area contributed by atoms with E-state index in [4.69, 9.17) is 0 Å². The van der Waals surface area contributed by atoms with Crippen LogP contribution in [0.25, 0.3) is 0 Å². The van der Waals surface area contributed by atoms with E-state index in [0.29, 0.717) is 0 Å². The van der Waals surface area contributed by atoms with E-state index < -0.39 is 37.0 Å². The van der Waals surface area contributed by atoms with Gasteiger partial charge in [-0.1, -0.05) is 13.3 Å². The van der Waals surface area contributed by atoms with E-state index in [2.05, 4.69) is 0 Å². The van der Waals surface area contributed by atoms with Crippen molar-refractivity contribution in [2.75, 3.05) is 0 Å². The molecule has 0 radical (unpaired) electrons. The molecule has 8 heteroatoms. The predicted octanol–water partition coefficient (Wildman–Crippen LogP) is 3.96. The minimum atomic E-state index is -6.05. The van der Waals surface area contributed by atoms with Crippen LogP contribution >= 0.6 is 0 Å². The molecule has 0 spiro atoms. The number of hydrogen-bond donors (Lipinski definition) is 0. The first kappa shape index (κ1) is 14.4. The minimum Gasteiger partial charge on any atom is -0.203 e. The lowest BCUT2D eigenvalue weighted by Gasteiger charge is -2.32. The maximum Gasteiger partial charge on any atom is 0.377 e. The molecule has 0 saturated heterocycles. The van der Waals surface area contributed by atoms with E-state index in [0.717, 1.165) is 6.92 Å². The van der Waals surface area contributed by atoms with Gasteiger partial charge in [-0.25, -0.2) is 8.78 Å². The normalized spacial score (nSPS) is 14.8.